The van der Waals surface area contributed by atoms with E-state index in [-0.39, 0.29) is 6.61 Å². The highest BCUT2D eigenvalue weighted by atomic mass is 16.6. The van der Waals surface area contributed by atoms with Crippen LogP contribution < -0.4 is 0 Å². The van der Waals surface area contributed by atoms with Gasteiger partial charge in [0.25, 0.3) is 0 Å². The highest BCUT2D eigenvalue weighted by Gasteiger charge is 2.09. The third kappa shape index (κ3) is 13.0. The van der Waals surface area contributed by atoms with E-state index in [4.69, 9.17) is 9.47 Å². The molecule has 0 aromatic carbocycles. The molecule has 4 heteroatoms. The van der Waals surface area contributed by atoms with Crippen molar-refractivity contribution >= 4 is 11.9 Å². The molecule has 0 aliphatic carbocycles. The maximum atomic E-state index is 10.8. The van der Waals surface area contributed by atoms with Gasteiger partial charge in [0, 0.05) is 13.8 Å². The average Bonchev–Trinajstić information content (AvgIpc) is 2.42. The number of rotatable bonds is 3. The summed E-state index contributed by atoms with van der Waals surface area (Å²) in [6, 6.07) is 0. The molecule has 0 fully saturated rings. The SMILES string of the molecule is CC#CC#CC#CC#CC#CC(COC(C)=O)OC(C)=O. The lowest BCUT2D eigenvalue weighted by atomic mass is 10.3. The zero-order valence-corrected chi connectivity index (χ0v) is 11.9. The van der Waals surface area contributed by atoms with Gasteiger partial charge in [0.2, 0.25) is 0 Å². The maximum Gasteiger partial charge on any atom is 0.303 e. The van der Waals surface area contributed by atoms with Crippen LogP contribution in [-0.2, 0) is 19.1 Å². The van der Waals surface area contributed by atoms with Crippen LogP contribution in [0.2, 0.25) is 0 Å². The van der Waals surface area contributed by atoms with E-state index >= 15 is 0 Å². The third-order valence-electron chi connectivity index (χ3n) is 1.54. The van der Waals surface area contributed by atoms with Crippen molar-refractivity contribution in [3.8, 4) is 59.2 Å². The highest BCUT2D eigenvalue weighted by molar-refractivity contribution is 5.67. The van der Waals surface area contributed by atoms with E-state index in [2.05, 4.69) is 59.2 Å². The van der Waals surface area contributed by atoms with E-state index < -0.39 is 18.0 Å². The summed E-state index contributed by atoms with van der Waals surface area (Å²) in [5, 5.41) is 0. The average molecular weight is 280 g/mol. The van der Waals surface area contributed by atoms with Crippen LogP contribution >= 0.6 is 0 Å². The Morgan fingerprint density at radius 1 is 0.857 bits per heavy atom. The largest absolute Gasteiger partial charge is 0.461 e. The van der Waals surface area contributed by atoms with Crippen LogP contribution in [-0.4, -0.2) is 24.6 Å². The van der Waals surface area contributed by atoms with Crippen molar-refractivity contribution in [1.29, 1.82) is 0 Å². The van der Waals surface area contributed by atoms with Crippen LogP contribution in [0.1, 0.15) is 20.8 Å². The normalized spacial score (nSPS) is 8.14. The van der Waals surface area contributed by atoms with Gasteiger partial charge < -0.3 is 9.47 Å². The molecule has 1 unspecified atom stereocenters. The van der Waals surface area contributed by atoms with E-state index in [1.165, 1.54) is 13.8 Å². The van der Waals surface area contributed by atoms with Crippen LogP contribution in [0.15, 0.2) is 0 Å². The first-order valence-electron chi connectivity index (χ1n) is 5.79. The minimum absolute atomic E-state index is 0.142. The standard InChI is InChI=1S/C17H12O4/c1-4-5-6-7-8-9-10-11-12-13-17(21-16(3)19)14-20-15(2)18/h17H,14H2,1-3H3. The Hall–Kier alpha value is -3.26. The van der Waals surface area contributed by atoms with Crippen LogP contribution in [0, 0.1) is 59.2 Å². The molecular weight excluding hydrogens is 268 g/mol. The number of hydrogen-bond acceptors (Lipinski definition) is 4. The second-order valence-corrected chi connectivity index (χ2v) is 3.29. The van der Waals surface area contributed by atoms with E-state index in [0.29, 0.717) is 0 Å². The summed E-state index contributed by atoms with van der Waals surface area (Å²) >= 11 is 0. The van der Waals surface area contributed by atoms with Gasteiger partial charge in [-0.05, 0) is 60.2 Å². The van der Waals surface area contributed by atoms with Crippen molar-refractivity contribution in [2.45, 2.75) is 26.9 Å². The molecule has 104 valence electrons. The van der Waals surface area contributed by atoms with Crippen molar-refractivity contribution in [1.82, 2.24) is 0 Å². The summed E-state index contributed by atoms with van der Waals surface area (Å²) in [6.07, 6.45) is -0.853. The fourth-order valence-corrected chi connectivity index (χ4v) is 0.865. The molecular formula is C17H12O4. The van der Waals surface area contributed by atoms with E-state index in [9.17, 15) is 9.59 Å². The lowest BCUT2D eigenvalue weighted by Gasteiger charge is -2.09. The Morgan fingerprint density at radius 2 is 1.38 bits per heavy atom. The Morgan fingerprint density at radius 3 is 1.86 bits per heavy atom. The van der Waals surface area contributed by atoms with Crippen molar-refractivity contribution < 1.29 is 19.1 Å². The Kier molecular flexibility index (Phi) is 9.98. The van der Waals surface area contributed by atoms with Gasteiger partial charge in [0.1, 0.15) is 6.61 Å². The van der Waals surface area contributed by atoms with E-state index in [0.717, 1.165) is 0 Å². The molecule has 0 rings (SSSR count). The fraction of sp³-hybridized carbons (Fsp3) is 0.294. The molecule has 0 spiro atoms. The summed E-state index contributed by atoms with van der Waals surface area (Å²) in [5.74, 6) is 23.9. The number of hydrogen-bond donors (Lipinski definition) is 0. The van der Waals surface area contributed by atoms with Crippen molar-refractivity contribution in [3.63, 3.8) is 0 Å². The number of esters is 2. The quantitative estimate of drug-likeness (QED) is 0.558. The summed E-state index contributed by atoms with van der Waals surface area (Å²) in [5.41, 5.74) is 0. The van der Waals surface area contributed by atoms with Gasteiger partial charge in [-0.1, -0.05) is 5.92 Å². The van der Waals surface area contributed by atoms with Crippen molar-refractivity contribution in [3.05, 3.63) is 0 Å². The monoisotopic (exact) mass is 280 g/mol. The van der Waals surface area contributed by atoms with Crippen molar-refractivity contribution in [2.24, 2.45) is 0 Å². The van der Waals surface area contributed by atoms with Gasteiger partial charge in [-0.25, -0.2) is 0 Å². The topological polar surface area (TPSA) is 52.6 Å². The minimum atomic E-state index is -0.853. The number of carbonyl (C=O) groups is 2. The molecule has 0 aliphatic rings. The molecule has 0 heterocycles. The van der Waals surface area contributed by atoms with Crippen LogP contribution in [0.25, 0.3) is 0 Å². The Labute approximate surface area is 124 Å². The molecule has 0 amide bonds. The Bertz CT molecular complexity index is 689. The van der Waals surface area contributed by atoms with Gasteiger partial charge in [-0.3, -0.25) is 9.59 Å². The van der Waals surface area contributed by atoms with E-state index in [1.807, 2.05) is 0 Å². The van der Waals surface area contributed by atoms with Crippen molar-refractivity contribution in [2.75, 3.05) is 6.61 Å². The predicted octanol–water partition coefficient (Wildman–Crippen LogP) is 0.518. The molecule has 0 aromatic rings. The molecule has 0 bridgehead atoms. The molecule has 0 N–H and O–H groups in total. The number of ether oxygens (including phenoxy) is 2. The summed E-state index contributed by atoms with van der Waals surface area (Å²) in [6.45, 7) is 4.01. The van der Waals surface area contributed by atoms with Crippen LogP contribution in [0.3, 0.4) is 0 Å². The summed E-state index contributed by atoms with van der Waals surface area (Å²) in [7, 11) is 0. The fourth-order valence-electron chi connectivity index (χ4n) is 0.865. The van der Waals surface area contributed by atoms with Gasteiger partial charge in [-0.15, -0.1) is 0 Å². The second kappa shape index (κ2) is 11.8. The van der Waals surface area contributed by atoms with Crippen LogP contribution in [0.5, 0.6) is 0 Å². The lowest BCUT2D eigenvalue weighted by Crippen LogP contribution is -2.21. The van der Waals surface area contributed by atoms with Gasteiger partial charge >= 0.3 is 11.9 Å². The van der Waals surface area contributed by atoms with Crippen LogP contribution in [0.4, 0.5) is 0 Å². The van der Waals surface area contributed by atoms with E-state index in [1.54, 1.807) is 6.92 Å². The maximum absolute atomic E-state index is 10.8. The molecule has 0 radical (unpaired) electrons. The zero-order valence-electron chi connectivity index (χ0n) is 11.9. The summed E-state index contributed by atoms with van der Waals surface area (Å²) < 4.78 is 9.55. The predicted molar refractivity (Wildman–Crippen MR) is 76.7 cm³/mol. The summed E-state index contributed by atoms with van der Waals surface area (Å²) in [4.78, 5) is 21.5. The minimum Gasteiger partial charge on any atom is -0.461 e. The second-order valence-electron chi connectivity index (χ2n) is 3.29. The first kappa shape index (κ1) is 17.7. The lowest BCUT2D eigenvalue weighted by molar-refractivity contribution is -0.152. The number of carbonyl (C=O) groups excluding carboxylic acids is 2. The zero-order chi connectivity index (χ0) is 15.9. The Balaban J connectivity index is 4.59. The van der Waals surface area contributed by atoms with Gasteiger partial charge in [0.05, 0.1) is 0 Å². The first-order chi connectivity index (χ1) is 10.1. The third-order valence-corrected chi connectivity index (χ3v) is 1.54. The first-order valence-corrected chi connectivity index (χ1v) is 5.79. The molecule has 0 saturated carbocycles. The molecule has 4 nitrogen and oxygen atoms in total. The van der Waals surface area contributed by atoms with Gasteiger partial charge in [-0.2, -0.15) is 0 Å². The van der Waals surface area contributed by atoms with Gasteiger partial charge in [0.15, 0.2) is 6.10 Å². The smallest absolute Gasteiger partial charge is 0.303 e. The molecule has 0 aromatic heterocycles. The molecule has 0 aliphatic heterocycles. The molecule has 0 saturated heterocycles. The molecule has 1 atom stereocenters. The molecule has 21 heavy (non-hydrogen) atoms. The highest BCUT2D eigenvalue weighted by Crippen LogP contribution is 1.93.